The van der Waals surface area contributed by atoms with Gasteiger partial charge >= 0.3 is 6.18 Å². The van der Waals surface area contributed by atoms with Crippen LogP contribution >= 0.6 is 0 Å². The van der Waals surface area contributed by atoms with Crippen LogP contribution < -0.4 is 5.32 Å². The van der Waals surface area contributed by atoms with Crippen LogP contribution in [0.1, 0.15) is 44.7 Å². The Bertz CT molecular complexity index is 831. The molecule has 1 N–H and O–H groups in total. The minimum atomic E-state index is -4.57. The van der Waals surface area contributed by atoms with Gasteiger partial charge in [0.2, 0.25) is 0 Å². The maximum Gasteiger partial charge on any atom is 0.433 e. The predicted molar refractivity (Wildman–Crippen MR) is 84.6 cm³/mol. The molecule has 0 aromatic carbocycles. The van der Waals surface area contributed by atoms with Crippen molar-refractivity contribution in [3.63, 3.8) is 0 Å². The minimum Gasteiger partial charge on any atom is -0.466 e. The molecule has 6 nitrogen and oxygen atoms in total. The van der Waals surface area contributed by atoms with Crippen molar-refractivity contribution in [2.24, 2.45) is 0 Å². The molecule has 0 fully saturated rings. The van der Waals surface area contributed by atoms with E-state index in [2.05, 4.69) is 15.3 Å². The van der Waals surface area contributed by atoms with Crippen molar-refractivity contribution in [2.75, 3.05) is 13.2 Å². The summed E-state index contributed by atoms with van der Waals surface area (Å²) in [5.74, 6) is 0.812. The second kappa shape index (κ2) is 7.06. The number of hydrogen-bond donors (Lipinski definition) is 1. The largest absolute Gasteiger partial charge is 0.466 e. The van der Waals surface area contributed by atoms with Gasteiger partial charge in [-0.2, -0.15) is 13.2 Å². The molecule has 0 unspecified atom stereocenters. The third kappa shape index (κ3) is 3.87. The quantitative estimate of drug-likeness (QED) is 0.897. The summed E-state index contributed by atoms with van der Waals surface area (Å²) in [6.45, 7) is 3.71. The third-order valence-corrected chi connectivity index (χ3v) is 4.06. The summed E-state index contributed by atoms with van der Waals surface area (Å²) in [5, 5.41) is 2.65. The summed E-state index contributed by atoms with van der Waals surface area (Å²) in [7, 11) is 0. The van der Waals surface area contributed by atoms with Gasteiger partial charge in [0.25, 0.3) is 5.91 Å². The van der Waals surface area contributed by atoms with Gasteiger partial charge in [0, 0.05) is 24.9 Å². The zero-order valence-corrected chi connectivity index (χ0v) is 14.4. The Kier molecular flexibility index (Phi) is 4.99. The fourth-order valence-corrected chi connectivity index (χ4v) is 2.87. The lowest BCUT2D eigenvalue weighted by atomic mass is 10.1. The molecule has 2 aromatic rings. The van der Waals surface area contributed by atoms with E-state index in [4.69, 9.17) is 9.15 Å². The molecule has 0 saturated heterocycles. The van der Waals surface area contributed by atoms with Crippen molar-refractivity contribution in [3.8, 4) is 0 Å². The smallest absolute Gasteiger partial charge is 0.433 e. The lowest BCUT2D eigenvalue weighted by molar-refractivity contribution is -0.143. The van der Waals surface area contributed by atoms with Crippen LogP contribution in [-0.4, -0.2) is 29.0 Å². The number of fused-ring (bicyclic) bond motifs is 1. The van der Waals surface area contributed by atoms with Crippen LogP contribution in [-0.2, 0) is 30.4 Å². The van der Waals surface area contributed by atoms with Crippen molar-refractivity contribution in [1.29, 1.82) is 0 Å². The maximum absolute atomic E-state index is 13.2. The minimum absolute atomic E-state index is 0.000956. The number of aromatic nitrogens is 2. The van der Waals surface area contributed by atoms with Gasteiger partial charge in [-0.1, -0.05) is 0 Å². The first-order chi connectivity index (χ1) is 12.3. The van der Waals surface area contributed by atoms with Crippen LogP contribution in [0.5, 0.6) is 0 Å². The second-order valence-electron chi connectivity index (χ2n) is 6.05. The van der Waals surface area contributed by atoms with Crippen molar-refractivity contribution in [3.05, 3.63) is 45.9 Å². The Balaban J connectivity index is 1.72. The van der Waals surface area contributed by atoms with E-state index in [9.17, 15) is 18.0 Å². The van der Waals surface area contributed by atoms with Gasteiger partial charge in [0.1, 0.15) is 17.3 Å². The van der Waals surface area contributed by atoms with Gasteiger partial charge in [-0.25, -0.2) is 9.97 Å². The molecule has 1 amide bonds. The maximum atomic E-state index is 13.2. The zero-order valence-electron chi connectivity index (χ0n) is 14.4. The molecule has 3 rings (SSSR count). The molecule has 0 aliphatic carbocycles. The van der Waals surface area contributed by atoms with E-state index >= 15 is 0 Å². The molecule has 0 radical (unpaired) electrons. The summed E-state index contributed by atoms with van der Waals surface area (Å²) < 4.78 is 50.1. The Hall–Kier alpha value is -2.42. The van der Waals surface area contributed by atoms with Crippen molar-refractivity contribution in [2.45, 2.75) is 39.5 Å². The molecule has 3 heterocycles. The molecule has 1 aliphatic heterocycles. The van der Waals surface area contributed by atoms with Crippen molar-refractivity contribution >= 4 is 5.91 Å². The van der Waals surface area contributed by atoms with E-state index in [1.165, 1.54) is 0 Å². The number of carbonyl (C=O) groups is 1. The normalized spacial score (nSPS) is 14.2. The highest BCUT2D eigenvalue weighted by Gasteiger charge is 2.38. The number of nitrogens with one attached hydrogen (secondary N) is 1. The Morgan fingerprint density at radius 1 is 1.31 bits per heavy atom. The van der Waals surface area contributed by atoms with Crippen molar-refractivity contribution < 1.29 is 27.1 Å². The van der Waals surface area contributed by atoms with Gasteiger partial charge in [-0.3, -0.25) is 4.79 Å². The molecule has 26 heavy (non-hydrogen) atoms. The van der Waals surface area contributed by atoms with Gasteiger partial charge in [-0.15, -0.1) is 0 Å². The highest BCUT2D eigenvalue weighted by Crippen LogP contribution is 2.33. The molecule has 0 atom stereocenters. The molecule has 0 saturated carbocycles. The van der Waals surface area contributed by atoms with E-state index < -0.39 is 11.9 Å². The molecular formula is C17H18F3N3O3. The van der Waals surface area contributed by atoms with Crippen LogP contribution in [0.4, 0.5) is 13.2 Å². The van der Waals surface area contributed by atoms with E-state index in [0.29, 0.717) is 35.8 Å². The van der Waals surface area contributed by atoms with E-state index in [0.717, 1.165) is 0 Å². The van der Waals surface area contributed by atoms with Gasteiger partial charge < -0.3 is 14.5 Å². The first-order valence-electron chi connectivity index (χ1n) is 8.14. The number of ether oxygens (including phenoxy) is 1. The summed E-state index contributed by atoms with van der Waals surface area (Å²) in [5.41, 5.74) is -0.186. The molecule has 0 bridgehead atoms. The Morgan fingerprint density at radius 3 is 2.73 bits per heavy atom. The number of aryl methyl sites for hydroxylation is 2. The predicted octanol–water partition coefficient (Wildman–Crippen LogP) is 2.75. The SMILES string of the molecule is Cc1cc(C(=O)NCCc2nc3c(c(C(F)(F)F)n2)COCC3)c(C)o1. The molecular weight excluding hydrogens is 351 g/mol. The lowest BCUT2D eigenvalue weighted by Gasteiger charge is -2.20. The van der Waals surface area contributed by atoms with Gasteiger partial charge in [0.05, 0.1) is 24.5 Å². The Morgan fingerprint density at radius 2 is 2.08 bits per heavy atom. The number of furan rings is 1. The summed E-state index contributed by atoms with van der Waals surface area (Å²) in [4.78, 5) is 20.0. The van der Waals surface area contributed by atoms with Crippen molar-refractivity contribution in [1.82, 2.24) is 15.3 Å². The van der Waals surface area contributed by atoms with Crippen LogP contribution in [0.25, 0.3) is 0 Å². The fourth-order valence-electron chi connectivity index (χ4n) is 2.87. The second-order valence-corrected chi connectivity index (χ2v) is 6.05. The van der Waals surface area contributed by atoms with Crippen LogP contribution in [0.2, 0.25) is 0 Å². The van der Waals surface area contributed by atoms with Crippen LogP contribution in [0, 0.1) is 13.8 Å². The van der Waals surface area contributed by atoms with Crippen LogP contribution in [0.15, 0.2) is 10.5 Å². The number of rotatable bonds is 4. The topological polar surface area (TPSA) is 77.2 Å². The molecule has 1 aliphatic rings. The molecule has 0 spiro atoms. The summed E-state index contributed by atoms with van der Waals surface area (Å²) in [6.07, 6.45) is -4.16. The molecule has 2 aromatic heterocycles. The standard InChI is InChI=1S/C17H18F3N3O3/c1-9-7-11(10(2)26-9)16(24)21-5-3-14-22-13-4-6-25-8-12(13)15(23-14)17(18,19)20/h7H,3-6,8H2,1-2H3,(H,21,24). The summed E-state index contributed by atoms with van der Waals surface area (Å²) in [6, 6.07) is 1.61. The monoisotopic (exact) mass is 369 g/mol. The van der Waals surface area contributed by atoms with Gasteiger partial charge in [-0.05, 0) is 19.9 Å². The highest BCUT2D eigenvalue weighted by molar-refractivity contribution is 5.95. The van der Waals surface area contributed by atoms with E-state index in [1.807, 2.05) is 0 Å². The third-order valence-electron chi connectivity index (χ3n) is 4.06. The number of hydrogen-bond acceptors (Lipinski definition) is 5. The lowest BCUT2D eigenvalue weighted by Crippen LogP contribution is -2.28. The molecule has 140 valence electrons. The van der Waals surface area contributed by atoms with E-state index in [-0.39, 0.29) is 36.9 Å². The highest BCUT2D eigenvalue weighted by atomic mass is 19.4. The average molecular weight is 369 g/mol. The first-order valence-corrected chi connectivity index (χ1v) is 8.14. The number of nitrogens with zero attached hydrogens (tertiary/aromatic N) is 2. The van der Waals surface area contributed by atoms with E-state index in [1.54, 1.807) is 19.9 Å². The number of carbonyl (C=O) groups excluding carboxylic acids is 1. The van der Waals surface area contributed by atoms with Gasteiger partial charge in [0.15, 0.2) is 5.69 Å². The van der Waals surface area contributed by atoms with Crippen LogP contribution in [0.3, 0.4) is 0 Å². The zero-order chi connectivity index (χ0) is 18.9. The number of halogens is 3. The number of amides is 1. The first kappa shape index (κ1) is 18.4. The average Bonchev–Trinajstić information content (AvgIpc) is 2.91. The number of alkyl halides is 3. The fraction of sp³-hybridized carbons (Fsp3) is 0.471. The Labute approximate surface area is 147 Å². The molecule has 9 heteroatoms. The summed E-state index contributed by atoms with van der Waals surface area (Å²) >= 11 is 0.